The molecule has 1 aromatic carbocycles. The zero-order valence-corrected chi connectivity index (χ0v) is 23.1. The second kappa shape index (κ2) is 9.87. The van der Waals surface area contributed by atoms with E-state index in [0.717, 1.165) is 92.2 Å². The highest BCUT2D eigenvalue weighted by Crippen LogP contribution is 2.49. The van der Waals surface area contributed by atoms with Crippen molar-refractivity contribution < 1.29 is 13.9 Å². The molecule has 0 N–H and O–H groups in total. The molecular weight excluding hydrogens is 517 g/mol. The summed E-state index contributed by atoms with van der Waals surface area (Å²) in [4.78, 5) is 14.5. The molecular formula is C30H35ClFN5O2. The van der Waals surface area contributed by atoms with Crippen molar-refractivity contribution in [2.75, 3.05) is 37.7 Å². The highest BCUT2D eigenvalue weighted by Gasteiger charge is 2.50. The molecule has 206 valence electrons. The number of anilines is 1. The molecule has 0 amide bonds. The molecule has 1 aromatic heterocycles. The number of hydrogen-bond acceptors (Lipinski definition) is 7. The van der Waals surface area contributed by atoms with Gasteiger partial charge >= 0.3 is 6.01 Å². The van der Waals surface area contributed by atoms with E-state index in [0.29, 0.717) is 38.6 Å². The van der Waals surface area contributed by atoms with Crippen molar-refractivity contribution in [1.82, 2.24) is 14.9 Å². The number of ether oxygens (including phenoxy) is 2. The highest BCUT2D eigenvalue weighted by molar-refractivity contribution is 6.31. The van der Waals surface area contributed by atoms with E-state index >= 15 is 0 Å². The molecule has 4 atom stereocenters. The van der Waals surface area contributed by atoms with Crippen molar-refractivity contribution >= 4 is 17.4 Å². The van der Waals surface area contributed by atoms with Gasteiger partial charge in [0, 0.05) is 49.0 Å². The molecule has 0 radical (unpaired) electrons. The zero-order chi connectivity index (χ0) is 26.6. The molecule has 7 nitrogen and oxygen atoms in total. The summed E-state index contributed by atoms with van der Waals surface area (Å²) in [6.45, 7) is 3.86. The standard InChI is InChI=1S/C30H35ClFN5O2/c31-25-6-1-5-24-22(25)7-10-30(24)15-26-23(18-39-30)27(36-11-2-4-20(16-33)8-13-36)35-28(34-26)38-19-29-9-3-12-37(29)17-21(32)14-29/h1,5-6,20-21H,2-4,7-15,17-19H2/t20?,21?,29-,30?/m0/s1. The van der Waals surface area contributed by atoms with Crippen molar-refractivity contribution in [3.8, 4) is 12.1 Å². The van der Waals surface area contributed by atoms with Gasteiger partial charge in [-0.3, -0.25) is 4.90 Å². The van der Waals surface area contributed by atoms with Gasteiger partial charge in [0.25, 0.3) is 0 Å². The lowest BCUT2D eigenvalue weighted by atomic mass is 9.87. The quantitative estimate of drug-likeness (QED) is 0.521. The molecule has 1 aliphatic carbocycles. The van der Waals surface area contributed by atoms with Crippen molar-refractivity contribution in [3.05, 3.63) is 45.6 Å². The maximum Gasteiger partial charge on any atom is 0.318 e. The van der Waals surface area contributed by atoms with E-state index in [1.165, 1.54) is 5.56 Å². The summed E-state index contributed by atoms with van der Waals surface area (Å²) in [6.07, 6.45) is 6.79. The number of aromatic nitrogens is 2. The van der Waals surface area contributed by atoms with Gasteiger partial charge in [0.1, 0.15) is 18.6 Å². The van der Waals surface area contributed by atoms with Gasteiger partial charge in [0.2, 0.25) is 0 Å². The number of alkyl halides is 1. The Morgan fingerprint density at radius 1 is 1.15 bits per heavy atom. The third-order valence-corrected chi connectivity index (χ3v) is 10.2. The van der Waals surface area contributed by atoms with Crippen LogP contribution in [-0.4, -0.2) is 59.4 Å². The van der Waals surface area contributed by atoms with Crippen LogP contribution >= 0.6 is 11.6 Å². The van der Waals surface area contributed by atoms with Crippen molar-refractivity contribution in [2.24, 2.45) is 5.92 Å². The molecule has 0 bridgehead atoms. The van der Waals surface area contributed by atoms with Crippen LogP contribution in [0, 0.1) is 17.2 Å². The minimum atomic E-state index is -0.801. The minimum Gasteiger partial charge on any atom is -0.461 e. The summed E-state index contributed by atoms with van der Waals surface area (Å²) in [5.74, 6) is 0.939. The number of fused-ring (bicyclic) bond motifs is 4. The van der Waals surface area contributed by atoms with Crippen LogP contribution < -0.4 is 9.64 Å². The van der Waals surface area contributed by atoms with Gasteiger partial charge in [-0.1, -0.05) is 23.7 Å². The lowest BCUT2D eigenvalue weighted by molar-refractivity contribution is -0.0730. The molecule has 39 heavy (non-hydrogen) atoms. The molecule has 0 saturated carbocycles. The molecule has 1 spiro atoms. The number of halogens is 2. The number of nitrogens with zero attached hydrogens (tertiary/aromatic N) is 5. The average Bonchev–Trinajstić information content (AvgIpc) is 3.51. The van der Waals surface area contributed by atoms with Crippen LogP contribution in [-0.2, 0) is 29.8 Å². The second-order valence-corrected chi connectivity index (χ2v) is 12.5. The molecule has 5 heterocycles. The van der Waals surface area contributed by atoms with Crippen LogP contribution in [0.25, 0.3) is 0 Å². The van der Waals surface area contributed by atoms with E-state index in [1.807, 2.05) is 12.1 Å². The predicted octanol–water partition coefficient (Wildman–Crippen LogP) is 5.13. The third kappa shape index (κ3) is 4.38. The predicted molar refractivity (Wildman–Crippen MR) is 146 cm³/mol. The Balaban J connectivity index is 1.23. The van der Waals surface area contributed by atoms with Gasteiger partial charge in [0.05, 0.1) is 29.5 Å². The van der Waals surface area contributed by atoms with Crippen molar-refractivity contribution in [1.29, 1.82) is 5.26 Å². The van der Waals surface area contributed by atoms with Crippen LogP contribution in [0.1, 0.15) is 67.3 Å². The topological polar surface area (TPSA) is 74.5 Å². The van der Waals surface area contributed by atoms with Crippen LogP contribution in [0.5, 0.6) is 6.01 Å². The first kappa shape index (κ1) is 25.5. The normalized spacial score (nSPS) is 32.0. The average molecular weight is 552 g/mol. The van der Waals surface area contributed by atoms with E-state index in [1.54, 1.807) is 0 Å². The first-order valence-corrected chi connectivity index (χ1v) is 14.8. The number of rotatable bonds is 4. The summed E-state index contributed by atoms with van der Waals surface area (Å²) in [5.41, 5.74) is 3.61. The Kier molecular flexibility index (Phi) is 6.45. The molecule has 3 unspecified atom stereocenters. The van der Waals surface area contributed by atoms with Crippen LogP contribution in [0.2, 0.25) is 5.02 Å². The van der Waals surface area contributed by atoms with E-state index < -0.39 is 11.8 Å². The fourth-order valence-electron chi connectivity index (χ4n) is 7.77. The lowest BCUT2D eigenvalue weighted by Gasteiger charge is -2.37. The van der Waals surface area contributed by atoms with Crippen LogP contribution in [0.15, 0.2) is 18.2 Å². The molecule has 4 aliphatic heterocycles. The maximum atomic E-state index is 14.4. The maximum absolute atomic E-state index is 14.4. The smallest absolute Gasteiger partial charge is 0.318 e. The molecule has 3 saturated heterocycles. The summed E-state index contributed by atoms with van der Waals surface area (Å²) in [6, 6.07) is 8.92. The Hall–Kier alpha value is -2.47. The second-order valence-electron chi connectivity index (χ2n) is 12.1. The highest BCUT2D eigenvalue weighted by atomic mass is 35.5. The van der Waals surface area contributed by atoms with Crippen molar-refractivity contribution in [2.45, 2.75) is 81.7 Å². The first-order chi connectivity index (χ1) is 19.0. The third-order valence-electron chi connectivity index (χ3n) is 9.83. The molecule has 3 fully saturated rings. The minimum absolute atomic E-state index is 0.0751. The lowest BCUT2D eigenvalue weighted by Crippen LogP contribution is -2.43. The zero-order valence-electron chi connectivity index (χ0n) is 22.3. The molecule has 5 aliphatic rings. The van der Waals surface area contributed by atoms with E-state index in [2.05, 4.69) is 21.9 Å². The summed E-state index contributed by atoms with van der Waals surface area (Å²) in [5, 5.41) is 10.3. The molecule has 9 heteroatoms. The Bertz CT molecular complexity index is 1320. The van der Waals surface area contributed by atoms with Gasteiger partial charge in [0.15, 0.2) is 0 Å². The molecule has 7 rings (SSSR count). The SMILES string of the molecule is N#CC1CCCN(c2nc(OC[C@@]34CCCN3CC(F)C4)nc3c2COC2(CCc4c(Cl)cccc42)C3)CC1. The number of benzene rings is 1. The Morgan fingerprint density at radius 3 is 2.97 bits per heavy atom. The Morgan fingerprint density at radius 2 is 2.08 bits per heavy atom. The van der Waals surface area contributed by atoms with Crippen molar-refractivity contribution in [3.63, 3.8) is 0 Å². The summed E-state index contributed by atoms with van der Waals surface area (Å²) < 4.78 is 27.4. The summed E-state index contributed by atoms with van der Waals surface area (Å²) in [7, 11) is 0. The fourth-order valence-corrected chi connectivity index (χ4v) is 8.04. The Labute approximate surface area is 234 Å². The largest absolute Gasteiger partial charge is 0.461 e. The fraction of sp³-hybridized carbons (Fsp3) is 0.633. The number of nitriles is 1. The van der Waals surface area contributed by atoms with E-state index in [9.17, 15) is 9.65 Å². The van der Waals surface area contributed by atoms with Gasteiger partial charge in [-0.25, -0.2) is 4.39 Å². The van der Waals surface area contributed by atoms with Crippen LogP contribution in [0.3, 0.4) is 0 Å². The van der Waals surface area contributed by atoms with Gasteiger partial charge in [-0.05, 0) is 68.7 Å². The van der Waals surface area contributed by atoms with Gasteiger partial charge in [-0.2, -0.15) is 15.2 Å². The monoisotopic (exact) mass is 551 g/mol. The molecule has 2 aromatic rings. The van der Waals surface area contributed by atoms with E-state index in [4.69, 9.17) is 31.0 Å². The summed E-state index contributed by atoms with van der Waals surface area (Å²) >= 11 is 6.56. The van der Waals surface area contributed by atoms with Gasteiger partial charge < -0.3 is 14.4 Å². The number of hydrogen-bond donors (Lipinski definition) is 0. The van der Waals surface area contributed by atoms with Crippen LogP contribution in [0.4, 0.5) is 10.2 Å². The first-order valence-electron chi connectivity index (χ1n) is 14.5. The van der Waals surface area contributed by atoms with E-state index in [-0.39, 0.29) is 11.5 Å². The van der Waals surface area contributed by atoms with Gasteiger partial charge in [-0.15, -0.1) is 0 Å².